The SMILES string of the molecule is O=C(Nc1c(F)cccc1F)C1CCC(C(=O)NC2CCCCCC2)CC1. The number of rotatable bonds is 4. The van der Waals surface area contributed by atoms with E-state index in [-0.39, 0.29) is 29.7 Å². The summed E-state index contributed by atoms with van der Waals surface area (Å²) in [5.41, 5.74) is -0.393. The van der Waals surface area contributed by atoms with Crippen molar-refractivity contribution in [3.8, 4) is 0 Å². The van der Waals surface area contributed by atoms with E-state index < -0.39 is 17.3 Å². The molecule has 148 valence electrons. The molecule has 6 heteroatoms. The smallest absolute Gasteiger partial charge is 0.227 e. The van der Waals surface area contributed by atoms with Gasteiger partial charge >= 0.3 is 0 Å². The monoisotopic (exact) mass is 378 g/mol. The molecule has 0 unspecified atom stereocenters. The third kappa shape index (κ3) is 5.27. The number of hydrogen-bond acceptors (Lipinski definition) is 2. The summed E-state index contributed by atoms with van der Waals surface area (Å²) in [6.45, 7) is 0. The van der Waals surface area contributed by atoms with Gasteiger partial charge in [0.05, 0.1) is 0 Å². The number of benzene rings is 1. The summed E-state index contributed by atoms with van der Waals surface area (Å²) in [5, 5.41) is 5.56. The Labute approximate surface area is 159 Å². The number of carbonyl (C=O) groups excluding carboxylic acids is 2. The van der Waals surface area contributed by atoms with E-state index in [1.807, 2.05) is 0 Å². The fraction of sp³-hybridized carbons (Fsp3) is 0.619. The first-order valence-corrected chi connectivity index (χ1v) is 10.1. The molecule has 2 amide bonds. The molecule has 0 heterocycles. The second-order valence-electron chi connectivity index (χ2n) is 7.83. The van der Waals surface area contributed by atoms with Crippen molar-refractivity contribution in [1.29, 1.82) is 0 Å². The van der Waals surface area contributed by atoms with Crippen LogP contribution in [-0.2, 0) is 9.59 Å². The van der Waals surface area contributed by atoms with Crippen LogP contribution in [0.4, 0.5) is 14.5 Å². The van der Waals surface area contributed by atoms with Crippen molar-refractivity contribution in [3.63, 3.8) is 0 Å². The van der Waals surface area contributed by atoms with Crippen LogP contribution in [0.2, 0.25) is 0 Å². The van der Waals surface area contributed by atoms with Crippen molar-refractivity contribution in [3.05, 3.63) is 29.8 Å². The normalized spacial score (nSPS) is 24.1. The average molecular weight is 378 g/mol. The zero-order valence-electron chi connectivity index (χ0n) is 15.6. The van der Waals surface area contributed by atoms with Gasteiger partial charge in [-0.25, -0.2) is 8.78 Å². The molecule has 2 fully saturated rings. The maximum atomic E-state index is 13.7. The fourth-order valence-corrected chi connectivity index (χ4v) is 4.20. The van der Waals surface area contributed by atoms with Gasteiger partial charge in [0.2, 0.25) is 11.8 Å². The summed E-state index contributed by atoms with van der Waals surface area (Å²) in [6, 6.07) is 3.78. The van der Waals surface area contributed by atoms with Crippen LogP contribution in [0.25, 0.3) is 0 Å². The van der Waals surface area contributed by atoms with Gasteiger partial charge in [0, 0.05) is 17.9 Å². The van der Waals surface area contributed by atoms with Crippen LogP contribution in [0.15, 0.2) is 18.2 Å². The molecule has 0 spiro atoms. The van der Waals surface area contributed by atoms with E-state index in [0.717, 1.165) is 25.0 Å². The molecule has 27 heavy (non-hydrogen) atoms. The van der Waals surface area contributed by atoms with Gasteiger partial charge in [-0.05, 0) is 50.7 Å². The van der Waals surface area contributed by atoms with E-state index in [1.165, 1.54) is 31.7 Å². The number of carbonyl (C=O) groups is 2. The molecule has 1 aromatic rings. The van der Waals surface area contributed by atoms with E-state index in [0.29, 0.717) is 25.7 Å². The molecule has 0 bridgehead atoms. The number of nitrogens with one attached hydrogen (secondary N) is 2. The Bertz CT molecular complexity index is 644. The third-order valence-electron chi connectivity index (χ3n) is 5.88. The Morgan fingerprint density at radius 2 is 1.30 bits per heavy atom. The van der Waals surface area contributed by atoms with E-state index in [4.69, 9.17) is 0 Å². The molecule has 4 nitrogen and oxygen atoms in total. The van der Waals surface area contributed by atoms with Gasteiger partial charge in [0.25, 0.3) is 0 Å². The minimum atomic E-state index is -0.778. The predicted molar refractivity (Wildman–Crippen MR) is 100 cm³/mol. The van der Waals surface area contributed by atoms with Crippen LogP contribution in [0.3, 0.4) is 0 Å². The standard InChI is InChI=1S/C21H28F2N2O2/c22-17-8-5-9-18(23)19(17)25-21(27)15-12-10-14(11-13-15)20(26)24-16-6-3-1-2-4-7-16/h5,8-9,14-16H,1-4,6-7,10-13H2,(H,24,26)(H,25,27). The van der Waals surface area contributed by atoms with Gasteiger partial charge in [0.15, 0.2) is 0 Å². The van der Waals surface area contributed by atoms with E-state index >= 15 is 0 Å². The molecule has 2 aliphatic rings. The van der Waals surface area contributed by atoms with Crippen molar-refractivity contribution in [1.82, 2.24) is 5.32 Å². The number of halogens is 2. The van der Waals surface area contributed by atoms with Gasteiger partial charge in [-0.3, -0.25) is 9.59 Å². The van der Waals surface area contributed by atoms with Gasteiger partial charge in [-0.1, -0.05) is 31.7 Å². The van der Waals surface area contributed by atoms with Crippen LogP contribution in [-0.4, -0.2) is 17.9 Å². The zero-order chi connectivity index (χ0) is 19.2. The van der Waals surface area contributed by atoms with Gasteiger partial charge in [-0.2, -0.15) is 0 Å². The van der Waals surface area contributed by atoms with Crippen molar-refractivity contribution in [2.24, 2.45) is 11.8 Å². The summed E-state index contributed by atoms with van der Waals surface area (Å²) in [5.74, 6) is -2.21. The Morgan fingerprint density at radius 3 is 1.85 bits per heavy atom. The number of para-hydroxylation sites is 1. The first kappa shape index (κ1) is 19.8. The van der Waals surface area contributed by atoms with Crippen LogP contribution in [0, 0.1) is 23.5 Å². The lowest BCUT2D eigenvalue weighted by molar-refractivity contribution is -0.129. The average Bonchev–Trinajstić information content (AvgIpc) is 2.93. The quantitative estimate of drug-likeness (QED) is 0.755. The molecule has 3 rings (SSSR count). The molecule has 2 aliphatic carbocycles. The highest BCUT2D eigenvalue weighted by molar-refractivity contribution is 5.93. The minimum absolute atomic E-state index is 0.0671. The zero-order valence-corrected chi connectivity index (χ0v) is 15.6. The molecule has 0 aliphatic heterocycles. The van der Waals surface area contributed by atoms with Crippen LogP contribution in [0.5, 0.6) is 0 Å². The lowest BCUT2D eigenvalue weighted by Crippen LogP contribution is -2.40. The van der Waals surface area contributed by atoms with Crippen molar-refractivity contribution in [2.75, 3.05) is 5.32 Å². The topological polar surface area (TPSA) is 58.2 Å². The fourth-order valence-electron chi connectivity index (χ4n) is 4.20. The lowest BCUT2D eigenvalue weighted by atomic mass is 9.81. The second kappa shape index (κ2) is 9.29. The van der Waals surface area contributed by atoms with Crippen LogP contribution >= 0.6 is 0 Å². The maximum absolute atomic E-state index is 13.7. The molecule has 0 aromatic heterocycles. The summed E-state index contributed by atoms with van der Waals surface area (Å²) in [6.07, 6.45) is 9.33. The lowest BCUT2D eigenvalue weighted by Gasteiger charge is -2.28. The second-order valence-corrected chi connectivity index (χ2v) is 7.83. The molecule has 0 radical (unpaired) electrons. The number of anilines is 1. The van der Waals surface area contributed by atoms with Gasteiger partial charge < -0.3 is 10.6 Å². The van der Waals surface area contributed by atoms with E-state index in [1.54, 1.807) is 0 Å². The van der Waals surface area contributed by atoms with Crippen LogP contribution in [0.1, 0.15) is 64.2 Å². The minimum Gasteiger partial charge on any atom is -0.353 e. The molecule has 0 atom stereocenters. The van der Waals surface area contributed by atoms with Crippen LogP contribution < -0.4 is 10.6 Å². The van der Waals surface area contributed by atoms with Gasteiger partial charge in [0.1, 0.15) is 17.3 Å². The Morgan fingerprint density at radius 1 is 0.778 bits per heavy atom. The first-order valence-electron chi connectivity index (χ1n) is 10.1. The summed E-state index contributed by atoms with van der Waals surface area (Å²) in [7, 11) is 0. The Balaban J connectivity index is 1.48. The predicted octanol–water partition coefficient (Wildman–Crippen LogP) is 4.55. The van der Waals surface area contributed by atoms with E-state index in [9.17, 15) is 18.4 Å². The molecule has 2 N–H and O–H groups in total. The van der Waals surface area contributed by atoms with Gasteiger partial charge in [-0.15, -0.1) is 0 Å². The molecular formula is C21H28F2N2O2. The van der Waals surface area contributed by atoms with Crippen molar-refractivity contribution in [2.45, 2.75) is 70.3 Å². The largest absolute Gasteiger partial charge is 0.353 e. The molecular weight excluding hydrogens is 350 g/mol. The summed E-state index contributed by atoms with van der Waals surface area (Å²) in [4.78, 5) is 24.9. The Kier molecular flexibility index (Phi) is 6.80. The third-order valence-corrected chi connectivity index (χ3v) is 5.88. The maximum Gasteiger partial charge on any atom is 0.227 e. The summed E-state index contributed by atoms with van der Waals surface area (Å²) >= 11 is 0. The molecule has 0 saturated heterocycles. The van der Waals surface area contributed by atoms with Crippen molar-refractivity contribution >= 4 is 17.5 Å². The first-order chi connectivity index (χ1) is 13.0. The van der Waals surface area contributed by atoms with E-state index in [2.05, 4.69) is 10.6 Å². The molecule has 1 aromatic carbocycles. The number of hydrogen-bond donors (Lipinski definition) is 2. The highest BCUT2D eigenvalue weighted by Crippen LogP contribution is 2.31. The Hall–Kier alpha value is -1.98. The summed E-state index contributed by atoms with van der Waals surface area (Å²) < 4.78 is 27.4. The van der Waals surface area contributed by atoms with Crippen molar-refractivity contribution < 1.29 is 18.4 Å². The highest BCUT2D eigenvalue weighted by Gasteiger charge is 2.31. The highest BCUT2D eigenvalue weighted by atomic mass is 19.1. The number of amides is 2. The molecule has 2 saturated carbocycles.